The van der Waals surface area contributed by atoms with E-state index in [2.05, 4.69) is 0 Å². The van der Waals surface area contributed by atoms with Crippen molar-refractivity contribution in [2.24, 2.45) is 0 Å². The third-order valence-corrected chi connectivity index (χ3v) is 8.92. The maximum atomic E-state index is 13.0. The monoisotopic (exact) mass is 483 g/mol. The number of piperazine rings is 1. The molecule has 1 aliphatic heterocycles. The van der Waals surface area contributed by atoms with E-state index in [-0.39, 0.29) is 22.8 Å². The molecule has 0 spiro atoms. The van der Waals surface area contributed by atoms with Gasteiger partial charge in [0.25, 0.3) is 11.8 Å². The molecular weight excluding hydrogens is 454 g/mol. The standard InChI is InChI=1S/C25H29N3O5S/c1-26(21-9-10-21)34(32,33)22-4-2-3-20(17-22)18-5-7-19(8-6-18)23(29)27-13-15-28(16-14-27)24(30)25(31)11-12-25/h2-8,17,21,31H,9-16H2,1H3. The van der Waals surface area contributed by atoms with Crippen molar-refractivity contribution in [2.45, 2.75) is 42.2 Å². The summed E-state index contributed by atoms with van der Waals surface area (Å²) in [6.45, 7) is 1.69. The summed E-state index contributed by atoms with van der Waals surface area (Å²) in [5.41, 5.74) is 0.971. The van der Waals surface area contributed by atoms with Crippen molar-refractivity contribution in [2.75, 3.05) is 33.2 Å². The highest BCUT2D eigenvalue weighted by atomic mass is 32.2. The number of carbonyl (C=O) groups is 2. The highest BCUT2D eigenvalue weighted by Crippen LogP contribution is 2.37. The summed E-state index contributed by atoms with van der Waals surface area (Å²) in [5.74, 6) is -0.331. The van der Waals surface area contributed by atoms with Crippen LogP contribution < -0.4 is 0 Å². The minimum Gasteiger partial charge on any atom is -0.380 e. The van der Waals surface area contributed by atoms with E-state index in [0.717, 1.165) is 24.0 Å². The molecule has 9 heteroatoms. The molecule has 3 aliphatic rings. The van der Waals surface area contributed by atoms with Gasteiger partial charge in [0.05, 0.1) is 4.90 Å². The summed E-state index contributed by atoms with van der Waals surface area (Å²) < 4.78 is 27.2. The van der Waals surface area contributed by atoms with Crippen molar-refractivity contribution >= 4 is 21.8 Å². The second-order valence-electron chi connectivity index (χ2n) is 9.47. The number of benzene rings is 2. The molecule has 0 bridgehead atoms. The van der Waals surface area contributed by atoms with Gasteiger partial charge in [-0.15, -0.1) is 0 Å². The molecule has 34 heavy (non-hydrogen) atoms. The molecule has 1 N–H and O–H groups in total. The predicted octanol–water partition coefficient (Wildman–Crippen LogP) is 1.95. The second-order valence-corrected chi connectivity index (χ2v) is 11.5. The first-order valence-electron chi connectivity index (χ1n) is 11.7. The van der Waals surface area contributed by atoms with Crippen LogP contribution in [0.1, 0.15) is 36.0 Å². The lowest BCUT2D eigenvalue weighted by Crippen LogP contribution is -2.53. The Morgan fingerprint density at radius 1 is 0.941 bits per heavy atom. The lowest BCUT2D eigenvalue weighted by atomic mass is 10.0. The van der Waals surface area contributed by atoms with Gasteiger partial charge in [0.15, 0.2) is 0 Å². The molecule has 180 valence electrons. The van der Waals surface area contributed by atoms with Crippen molar-refractivity contribution in [3.63, 3.8) is 0 Å². The Hall–Kier alpha value is -2.75. The van der Waals surface area contributed by atoms with E-state index < -0.39 is 15.6 Å². The molecule has 1 saturated heterocycles. The summed E-state index contributed by atoms with van der Waals surface area (Å²) in [5, 5.41) is 10.0. The molecule has 0 radical (unpaired) electrons. The summed E-state index contributed by atoms with van der Waals surface area (Å²) in [6, 6.07) is 14.1. The predicted molar refractivity (Wildman–Crippen MR) is 127 cm³/mol. The fraction of sp³-hybridized carbons (Fsp3) is 0.440. The van der Waals surface area contributed by atoms with Gasteiger partial charge < -0.3 is 14.9 Å². The molecule has 1 heterocycles. The minimum atomic E-state index is -3.53. The summed E-state index contributed by atoms with van der Waals surface area (Å²) in [4.78, 5) is 28.9. The zero-order chi connectivity index (χ0) is 24.1. The van der Waals surface area contributed by atoms with Crippen LogP contribution in [0.25, 0.3) is 11.1 Å². The molecule has 3 fully saturated rings. The topological polar surface area (TPSA) is 98.2 Å². The molecule has 2 aliphatic carbocycles. The van der Waals surface area contributed by atoms with Crippen LogP contribution in [-0.2, 0) is 14.8 Å². The third kappa shape index (κ3) is 4.35. The number of hydrogen-bond donors (Lipinski definition) is 1. The highest BCUT2D eigenvalue weighted by molar-refractivity contribution is 7.89. The fourth-order valence-corrected chi connectivity index (χ4v) is 5.83. The van der Waals surface area contributed by atoms with Crippen LogP contribution in [0.3, 0.4) is 0 Å². The first-order valence-corrected chi connectivity index (χ1v) is 13.1. The molecule has 5 rings (SSSR count). The van der Waals surface area contributed by atoms with Crippen LogP contribution in [0.5, 0.6) is 0 Å². The Bertz CT molecular complexity index is 1210. The quantitative estimate of drug-likeness (QED) is 0.677. The van der Waals surface area contributed by atoms with Crippen LogP contribution >= 0.6 is 0 Å². The van der Waals surface area contributed by atoms with Crippen molar-refractivity contribution in [3.05, 3.63) is 54.1 Å². The largest absolute Gasteiger partial charge is 0.380 e. The van der Waals surface area contributed by atoms with E-state index in [4.69, 9.17) is 0 Å². The van der Waals surface area contributed by atoms with E-state index in [1.807, 2.05) is 18.2 Å². The average Bonchev–Trinajstić information content (AvgIpc) is 3.80. The number of amides is 2. The lowest BCUT2D eigenvalue weighted by Gasteiger charge is -2.35. The van der Waals surface area contributed by atoms with Crippen LogP contribution in [0.15, 0.2) is 53.4 Å². The molecule has 8 nitrogen and oxygen atoms in total. The Morgan fingerprint density at radius 2 is 1.56 bits per heavy atom. The summed E-state index contributed by atoms with van der Waals surface area (Å²) in [7, 11) is -1.90. The number of nitrogens with zero attached hydrogens (tertiary/aromatic N) is 3. The Balaban J connectivity index is 1.25. The molecule has 0 atom stereocenters. The van der Waals surface area contributed by atoms with Gasteiger partial charge in [0.2, 0.25) is 10.0 Å². The van der Waals surface area contributed by atoms with E-state index in [1.165, 1.54) is 4.31 Å². The molecule has 2 amide bonds. The van der Waals surface area contributed by atoms with Gasteiger partial charge in [0, 0.05) is 44.8 Å². The SMILES string of the molecule is CN(C1CC1)S(=O)(=O)c1cccc(-c2ccc(C(=O)N3CCN(C(=O)C4(O)CC4)CC3)cc2)c1. The Kier molecular flexibility index (Phi) is 5.74. The highest BCUT2D eigenvalue weighted by Gasteiger charge is 2.50. The Morgan fingerprint density at radius 3 is 2.15 bits per heavy atom. The normalized spacial score (nSPS) is 19.9. The van der Waals surface area contributed by atoms with Gasteiger partial charge in [-0.2, -0.15) is 4.31 Å². The molecule has 2 saturated carbocycles. The fourth-order valence-electron chi connectivity index (χ4n) is 4.36. The maximum absolute atomic E-state index is 13.0. The number of rotatable bonds is 6. The van der Waals surface area contributed by atoms with Crippen LogP contribution in [-0.4, -0.2) is 84.3 Å². The van der Waals surface area contributed by atoms with Gasteiger partial charge in [-0.3, -0.25) is 9.59 Å². The average molecular weight is 484 g/mol. The van der Waals surface area contributed by atoms with Crippen molar-refractivity contribution in [3.8, 4) is 11.1 Å². The molecule has 2 aromatic rings. The van der Waals surface area contributed by atoms with Crippen molar-refractivity contribution < 1.29 is 23.1 Å². The smallest absolute Gasteiger partial charge is 0.254 e. The first-order chi connectivity index (χ1) is 16.2. The van der Waals surface area contributed by atoms with Crippen LogP contribution in [0.2, 0.25) is 0 Å². The van der Waals surface area contributed by atoms with Crippen molar-refractivity contribution in [1.29, 1.82) is 0 Å². The minimum absolute atomic E-state index is 0.0948. The van der Waals surface area contributed by atoms with E-state index in [1.54, 1.807) is 47.2 Å². The molecule has 0 unspecified atom stereocenters. The molecular formula is C25H29N3O5S. The van der Waals surface area contributed by atoms with E-state index in [9.17, 15) is 23.1 Å². The summed E-state index contributed by atoms with van der Waals surface area (Å²) in [6.07, 6.45) is 2.84. The van der Waals surface area contributed by atoms with Crippen molar-refractivity contribution in [1.82, 2.24) is 14.1 Å². The molecule has 2 aromatic carbocycles. The maximum Gasteiger partial charge on any atom is 0.254 e. The molecule has 0 aromatic heterocycles. The summed E-state index contributed by atoms with van der Waals surface area (Å²) >= 11 is 0. The number of hydrogen-bond acceptors (Lipinski definition) is 5. The second kappa shape index (κ2) is 8.48. The Labute approximate surface area is 199 Å². The number of sulfonamides is 1. The van der Waals surface area contributed by atoms with Gasteiger partial charge in [-0.25, -0.2) is 8.42 Å². The zero-order valence-corrected chi connectivity index (χ0v) is 20.0. The third-order valence-electron chi connectivity index (χ3n) is 7.01. The van der Waals surface area contributed by atoms with E-state index in [0.29, 0.717) is 44.6 Å². The lowest BCUT2D eigenvalue weighted by molar-refractivity contribution is -0.143. The number of aliphatic hydroxyl groups is 1. The van der Waals surface area contributed by atoms with Gasteiger partial charge in [-0.1, -0.05) is 24.3 Å². The van der Waals surface area contributed by atoms with Crippen LogP contribution in [0.4, 0.5) is 0 Å². The van der Waals surface area contributed by atoms with Gasteiger partial charge in [-0.05, 0) is 61.1 Å². The zero-order valence-electron chi connectivity index (χ0n) is 19.2. The van der Waals surface area contributed by atoms with Gasteiger partial charge in [0.1, 0.15) is 5.60 Å². The van der Waals surface area contributed by atoms with E-state index >= 15 is 0 Å². The van der Waals surface area contributed by atoms with Crippen LogP contribution in [0, 0.1) is 0 Å². The first kappa shape index (κ1) is 23.0. The number of carbonyl (C=O) groups excluding carboxylic acids is 2. The van der Waals surface area contributed by atoms with Gasteiger partial charge >= 0.3 is 0 Å².